The Labute approximate surface area is 139 Å². The molecule has 2 amide bonds. The minimum atomic E-state index is -0.188. The van der Waals surface area contributed by atoms with E-state index in [9.17, 15) is 9.59 Å². The number of anilines is 1. The molecule has 7 nitrogen and oxygen atoms in total. The first kappa shape index (κ1) is 14.7. The van der Waals surface area contributed by atoms with E-state index in [4.69, 9.17) is 0 Å². The number of carbonyl (C=O) groups is 2. The number of hydrogen-bond acceptors (Lipinski definition) is 5. The summed E-state index contributed by atoms with van der Waals surface area (Å²) >= 11 is 0. The molecule has 2 aliphatic heterocycles. The summed E-state index contributed by atoms with van der Waals surface area (Å²) in [5.41, 5.74) is 0.160. The second-order valence-corrected chi connectivity index (χ2v) is 6.41. The van der Waals surface area contributed by atoms with Gasteiger partial charge in [0.15, 0.2) is 0 Å². The number of carbonyl (C=O) groups excluding carboxylic acids is 2. The molecule has 4 rings (SSSR count). The maximum atomic E-state index is 12.5. The lowest BCUT2D eigenvalue weighted by Gasteiger charge is -2.23. The molecule has 1 spiro atoms. The van der Waals surface area contributed by atoms with Gasteiger partial charge in [0, 0.05) is 50.1 Å². The van der Waals surface area contributed by atoms with Crippen LogP contribution in [0.15, 0.2) is 43.0 Å². The van der Waals surface area contributed by atoms with E-state index < -0.39 is 0 Å². The number of pyridine rings is 1. The Bertz CT molecular complexity index is 767. The summed E-state index contributed by atoms with van der Waals surface area (Å²) in [5.74, 6) is 0.629. The fourth-order valence-corrected chi connectivity index (χ4v) is 3.57. The zero-order chi connectivity index (χ0) is 16.6. The van der Waals surface area contributed by atoms with Gasteiger partial charge in [0.1, 0.15) is 11.5 Å². The Morgan fingerprint density at radius 3 is 2.79 bits per heavy atom. The lowest BCUT2D eigenvalue weighted by Crippen LogP contribution is -2.34. The molecule has 0 saturated carbocycles. The van der Waals surface area contributed by atoms with Gasteiger partial charge >= 0.3 is 0 Å². The lowest BCUT2D eigenvalue weighted by atomic mass is 9.86. The molecule has 0 bridgehead atoms. The van der Waals surface area contributed by atoms with Crippen molar-refractivity contribution >= 4 is 17.6 Å². The molecule has 2 saturated heterocycles. The van der Waals surface area contributed by atoms with Crippen LogP contribution in [-0.4, -0.2) is 51.3 Å². The standard InChI is InChI=1S/C17H17N5O2/c23-15-9-17(12-22(15)14-3-1-2-5-20-14)4-8-21(11-17)16(24)13-10-18-6-7-19-13/h1-3,5-7,10H,4,8-9,11-12H2/t17-/m0/s1. The average molecular weight is 323 g/mol. The van der Waals surface area contributed by atoms with E-state index in [-0.39, 0.29) is 17.2 Å². The van der Waals surface area contributed by atoms with Gasteiger partial charge < -0.3 is 4.90 Å². The predicted octanol–water partition coefficient (Wildman–Crippen LogP) is 1.14. The van der Waals surface area contributed by atoms with Crippen LogP contribution in [0.5, 0.6) is 0 Å². The van der Waals surface area contributed by atoms with Crippen molar-refractivity contribution in [2.24, 2.45) is 5.41 Å². The second kappa shape index (κ2) is 5.67. The van der Waals surface area contributed by atoms with Crippen molar-refractivity contribution < 1.29 is 9.59 Å². The molecule has 2 aromatic heterocycles. The first-order valence-electron chi connectivity index (χ1n) is 7.94. The third-order valence-corrected chi connectivity index (χ3v) is 4.75. The summed E-state index contributed by atoms with van der Waals surface area (Å²) in [6, 6.07) is 5.55. The van der Waals surface area contributed by atoms with Crippen LogP contribution in [-0.2, 0) is 4.79 Å². The van der Waals surface area contributed by atoms with Gasteiger partial charge in [-0.3, -0.25) is 19.5 Å². The van der Waals surface area contributed by atoms with Crippen LogP contribution in [0.25, 0.3) is 0 Å². The molecule has 2 aliphatic rings. The van der Waals surface area contributed by atoms with Gasteiger partial charge in [-0.2, -0.15) is 0 Å². The zero-order valence-electron chi connectivity index (χ0n) is 13.1. The van der Waals surface area contributed by atoms with Crippen molar-refractivity contribution in [2.75, 3.05) is 24.5 Å². The quantitative estimate of drug-likeness (QED) is 0.828. The van der Waals surface area contributed by atoms with Crippen LogP contribution in [0.4, 0.5) is 5.82 Å². The van der Waals surface area contributed by atoms with Crippen LogP contribution in [0.2, 0.25) is 0 Å². The molecule has 24 heavy (non-hydrogen) atoms. The molecule has 0 radical (unpaired) electrons. The summed E-state index contributed by atoms with van der Waals surface area (Å²) in [7, 11) is 0. The van der Waals surface area contributed by atoms with E-state index in [0.717, 1.165) is 6.42 Å². The van der Waals surface area contributed by atoms with E-state index in [2.05, 4.69) is 15.0 Å². The Hall–Kier alpha value is -2.83. The summed E-state index contributed by atoms with van der Waals surface area (Å²) in [5, 5.41) is 0. The molecule has 7 heteroatoms. The first-order chi connectivity index (χ1) is 11.7. The fourth-order valence-electron chi connectivity index (χ4n) is 3.57. The highest BCUT2D eigenvalue weighted by Crippen LogP contribution is 2.41. The fraction of sp³-hybridized carbons (Fsp3) is 0.353. The molecule has 0 N–H and O–H groups in total. The van der Waals surface area contributed by atoms with Crippen molar-refractivity contribution in [1.29, 1.82) is 0 Å². The monoisotopic (exact) mass is 323 g/mol. The molecule has 2 fully saturated rings. The third-order valence-electron chi connectivity index (χ3n) is 4.75. The van der Waals surface area contributed by atoms with Crippen LogP contribution in [0.3, 0.4) is 0 Å². The molecule has 0 aromatic carbocycles. The number of amides is 2. The van der Waals surface area contributed by atoms with Gasteiger partial charge in [0.25, 0.3) is 5.91 Å². The maximum Gasteiger partial charge on any atom is 0.274 e. The number of rotatable bonds is 2. The predicted molar refractivity (Wildman–Crippen MR) is 86.2 cm³/mol. The third kappa shape index (κ3) is 2.51. The van der Waals surface area contributed by atoms with Crippen LogP contribution >= 0.6 is 0 Å². The van der Waals surface area contributed by atoms with Gasteiger partial charge in [-0.25, -0.2) is 9.97 Å². The van der Waals surface area contributed by atoms with E-state index in [1.54, 1.807) is 22.2 Å². The summed E-state index contributed by atoms with van der Waals surface area (Å²) in [6.45, 7) is 1.81. The summed E-state index contributed by atoms with van der Waals surface area (Å²) in [6.07, 6.45) is 7.49. The highest BCUT2D eigenvalue weighted by molar-refractivity contribution is 5.96. The van der Waals surface area contributed by atoms with Crippen LogP contribution in [0, 0.1) is 5.41 Å². The van der Waals surface area contributed by atoms with Crippen molar-refractivity contribution in [2.45, 2.75) is 12.8 Å². The van der Waals surface area contributed by atoms with Crippen molar-refractivity contribution in [3.63, 3.8) is 0 Å². The van der Waals surface area contributed by atoms with Gasteiger partial charge in [-0.15, -0.1) is 0 Å². The number of hydrogen-bond donors (Lipinski definition) is 0. The van der Waals surface area contributed by atoms with Gasteiger partial charge in [-0.05, 0) is 18.6 Å². The highest BCUT2D eigenvalue weighted by Gasteiger charge is 2.49. The molecule has 122 valence electrons. The van der Waals surface area contributed by atoms with E-state index in [0.29, 0.717) is 37.6 Å². The van der Waals surface area contributed by atoms with Crippen molar-refractivity contribution in [1.82, 2.24) is 19.9 Å². The highest BCUT2D eigenvalue weighted by atomic mass is 16.2. The second-order valence-electron chi connectivity index (χ2n) is 6.41. The lowest BCUT2D eigenvalue weighted by molar-refractivity contribution is -0.117. The largest absolute Gasteiger partial charge is 0.337 e. The molecule has 0 unspecified atom stereocenters. The normalized spacial score (nSPS) is 23.2. The van der Waals surface area contributed by atoms with Crippen molar-refractivity contribution in [3.05, 3.63) is 48.7 Å². The van der Waals surface area contributed by atoms with E-state index >= 15 is 0 Å². The molecular formula is C17H17N5O2. The van der Waals surface area contributed by atoms with Gasteiger partial charge in [0.2, 0.25) is 5.91 Å². The summed E-state index contributed by atoms with van der Waals surface area (Å²) in [4.78, 5) is 40.8. The van der Waals surface area contributed by atoms with Crippen LogP contribution in [0.1, 0.15) is 23.3 Å². The Morgan fingerprint density at radius 2 is 2.04 bits per heavy atom. The minimum absolute atomic E-state index is 0.0718. The molecule has 1 atom stereocenters. The smallest absolute Gasteiger partial charge is 0.274 e. The van der Waals surface area contributed by atoms with E-state index in [1.165, 1.54) is 12.4 Å². The number of aromatic nitrogens is 3. The number of likely N-dealkylation sites (tertiary alicyclic amines) is 1. The molecular weight excluding hydrogens is 306 g/mol. The summed E-state index contributed by atoms with van der Waals surface area (Å²) < 4.78 is 0. The Morgan fingerprint density at radius 1 is 1.12 bits per heavy atom. The molecule has 0 aliphatic carbocycles. The average Bonchev–Trinajstić information content (AvgIpc) is 3.19. The van der Waals surface area contributed by atoms with Gasteiger partial charge in [0.05, 0.1) is 6.20 Å². The number of nitrogens with zero attached hydrogens (tertiary/aromatic N) is 5. The minimum Gasteiger partial charge on any atom is -0.337 e. The Balaban J connectivity index is 1.50. The SMILES string of the molecule is O=C(c1cnccn1)N1CC[C@]2(CC(=O)N(c3ccccn3)C2)C1. The van der Waals surface area contributed by atoms with Crippen molar-refractivity contribution in [3.8, 4) is 0 Å². The zero-order valence-corrected chi connectivity index (χ0v) is 13.1. The van der Waals surface area contributed by atoms with E-state index in [1.807, 2.05) is 18.2 Å². The van der Waals surface area contributed by atoms with Gasteiger partial charge in [-0.1, -0.05) is 6.07 Å². The topological polar surface area (TPSA) is 79.3 Å². The maximum absolute atomic E-state index is 12.5. The van der Waals surface area contributed by atoms with Crippen LogP contribution < -0.4 is 4.90 Å². The Kier molecular flexibility index (Phi) is 3.48. The molecule has 4 heterocycles. The first-order valence-corrected chi connectivity index (χ1v) is 7.94. The molecule has 2 aromatic rings.